The van der Waals surface area contributed by atoms with E-state index in [4.69, 9.17) is 0 Å². The summed E-state index contributed by atoms with van der Waals surface area (Å²) in [5.41, 5.74) is 0.753. The Hall–Kier alpha value is -2.73. The number of para-hydroxylation sites is 1. The van der Waals surface area contributed by atoms with E-state index in [-0.39, 0.29) is 0 Å². The first-order valence-corrected chi connectivity index (χ1v) is 8.57. The van der Waals surface area contributed by atoms with Crippen LogP contribution >= 0.6 is 0 Å². The van der Waals surface area contributed by atoms with E-state index in [1.54, 1.807) is 4.90 Å². The van der Waals surface area contributed by atoms with Crippen molar-refractivity contribution in [3.05, 3.63) is 71.8 Å². The van der Waals surface area contributed by atoms with Gasteiger partial charge in [0.05, 0.1) is 0 Å². The number of rotatable bonds is 4. The van der Waals surface area contributed by atoms with Gasteiger partial charge in [-0.15, -0.1) is 0 Å². The number of nitrogens with one attached hydrogen (secondary N) is 1. The van der Waals surface area contributed by atoms with Gasteiger partial charge in [-0.3, -0.25) is 4.90 Å². The largest absolute Gasteiger partial charge is 0.322 e. The maximum Gasteiger partial charge on any atom is 0.322 e. The quantitative estimate of drug-likeness (QED) is 0.903. The van der Waals surface area contributed by atoms with Crippen molar-refractivity contribution in [3.8, 4) is 0 Å². The van der Waals surface area contributed by atoms with E-state index in [1.807, 2.05) is 30.3 Å². The molecule has 4 nitrogen and oxygen atoms in total. The lowest BCUT2D eigenvalue weighted by Gasteiger charge is -2.34. The van der Waals surface area contributed by atoms with Crippen LogP contribution in [-0.4, -0.2) is 48.6 Å². The van der Waals surface area contributed by atoms with Crippen LogP contribution in [0.5, 0.6) is 0 Å². The molecule has 2 amide bonds. The second-order valence-corrected chi connectivity index (χ2v) is 6.13. The van der Waals surface area contributed by atoms with Gasteiger partial charge in [0.1, 0.15) is 17.3 Å². The number of hydrogen-bond donors (Lipinski definition) is 1. The third-order valence-corrected chi connectivity index (χ3v) is 4.33. The highest BCUT2D eigenvalue weighted by atomic mass is 19.1. The predicted octanol–water partition coefficient (Wildman–Crippen LogP) is 3.83. The zero-order valence-corrected chi connectivity index (χ0v) is 14.4. The Morgan fingerprint density at radius 2 is 1.62 bits per heavy atom. The number of carbonyl (C=O) groups is 1. The smallest absolute Gasteiger partial charge is 0.322 e. The third kappa shape index (κ3) is 4.67. The van der Waals surface area contributed by atoms with E-state index in [0.717, 1.165) is 24.2 Å². The second kappa shape index (κ2) is 8.58. The Morgan fingerprint density at radius 1 is 0.962 bits per heavy atom. The van der Waals surface area contributed by atoms with Crippen molar-refractivity contribution < 1.29 is 13.6 Å². The molecule has 1 saturated heterocycles. The number of nitrogens with zero attached hydrogens (tertiary/aromatic N) is 2. The fourth-order valence-corrected chi connectivity index (χ4v) is 2.84. The maximum absolute atomic E-state index is 13.6. The van der Waals surface area contributed by atoms with Crippen LogP contribution in [0.3, 0.4) is 0 Å². The molecule has 1 fully saturated rings. The Labute approximate surface area is 151 Å². The topological polar surface area (TPSA) is 35.6 Å². The monoisotopic (exact) mass is 357 g/mol. The van der Waals surface area contributed by atoms with Crippen LogP contribution in [-0.2, 0) is 0 Å². The molecule has 1 heterocycles. The molecule has 0 unspecified atom stereocenters. The number of hydrogen-bond acceptors (Lipinski definition) is 2. The molecular formula is C20H21F2N3O. The van der Waals surface area contributed by atoms with Crippen LogP contribution in [0, 0.1) is 11.6 Å². The van der Waals surface area contributed by atoms with Crippen LogP contribution in [0.2, 0.25) is 0 Å². The number of halogens is 2. The lowest BCUT2D eigenvalue weighted by molar-refractivity contribution is 0.155. The highest BCUT2D eigenvalue weighted by Gasteiger charge is 2.22. The fraction of sp³-hybridized carbons (Fsp3) is 0.250. The number of piperazine rings is 1. The number of carbonyl (C=O) groups excluding carboxylic acids is 1. The summed E-state index contributed by atoms with van der Waals surface area (Å²) in [5.74, 6) is -1.55. The van der Waals surface area contributed by atoms with Gasteiger partial charge in [-0.05, 0) is 17.7 Å². The highest BCUT2D eigenvalue weighted by molar-refractivity contribution is 5.89. The van der Waals surface area contributed by atoms with E-state index in [1.165, 1.54) is 6.07 Å². The van der Waals surface area contributed by atoms with Crippen molar-refractivity contribution in [2.75, 3.05) is 38.0 Å². The normalized spacial score (nSPS) is 15.4. The molecule has 0 radical (unpaired) electrons. The van der Waals surface area contributed by atoms with Gasteiger partial charge in [0.2, 0.25) is 0 Å². The lowest BCUT2D eigenvalue weighted by Crippen LogP contribution is -2.50. The molecule has 0 aliphatic carbocycles. The lowest BCUT2D eigenvalue weighted by atomic mass is 10.2. The van der Waals surface area contributed by atoms with Gasteiger partial charge in [0.25, 0.3) is 0 Å². The van der Waals surface area contributed by atoms with Gasteiger partial charge in [-0.1, -0.05) is 48.6 Å². The summed E-state index contributed by atoms with van der Waals surface area (Å²) in [6.45, 7) is 3.26. The number of anilines is 1. The molecule has 0 atom stereocenters. The molecule has 1 aliphatic heterocycles. The summed E-state index contributed by atoms with van der Waals surface area (Å²) < 4.78 is 27.3. The average molecular weight is 357 g/mol. The highest BCUT2D eigenvalue weighted by Crippen LogP contribution is 2.18. The van der Waals surface area contributed by atoms with E-state index >= 15 is 0 Å². The number of urea groups is 1. The molecule has 3 rings (SSSR count). The molecule has 136 valence electrons. The van der Waals surface area contributed by atoms with E-state index < -0.39 is 23.4 Å². The minimum atomic E-state index is -0.775. The summed E-state index contributed by atoms with van der Waals surface area (Å²) in [5, 5.41) is 2.33. The molecule has 2 aromatic carbocycles. The van der Waals surface area contributed by atoms with Gasteiger partial charge < -0.3 is 10.2 Å². The van der Waals surface area contributed by atoms with Crippen LogP contribution < -0.4 is 5.32 Å². The molecule has 26 heavy (non-hydrogen) atoms. The van der Waals surface area contributed by atoms with Crippen molar-refractivity contribution in [2.45, 2.75) is 0 Å². The van der Waals surface area contributed by atoms with Crippen LogP contribution in [0.1, 0.15) is 5.56 Å². The fourth-order valence-electron chi connectivity index (χ4n) is 2.84. The summed E-state index contributed by atoms with van der Waals surface area (Å²) in [6.07, 6.45) is 4.17. The van der Waals surface area contributed by atoms with Gasteiger partial charge in [0.15, 0.2) is 0 Å². The molecule has 0 bridgehead atoms. The summed E-state index contributed by atoms with van der Waals surface area (Å²) >= 11 is 0. The van der Waals surface area contributed by atoms with Gasteiger partial charge >= 0.3 is 6.03 Å². The van der Waals surface area contributed by atoms with Crippen LogP contribution in [0.25, 0.3) is 6.08 Å². The SMILES string of the molecule is O=C(Nc1c(F)cccc1F)N1CCN(C/C=C/c2ccccc2)CC1. The molecule has 0 saturated carbocycles. The second-order valence-electron chi connectivity index (χ2n) is 6.13. The number of benzene rings is 2. The molecule has 1 aliphatic rings. The molecule has 1 N–H and O–H groups in total. The first-order valence-electron chi connectivity index (χ1n) is 8.57. The Bertz CT molecular complexity index is 752. The Kier molecular flexibility index (Phi) is 5.96. The van der Waals surface area contributed by atoms with Crippen molar-refractivity contribution >= 4 is 17.8 Å². The Balaban J connectivity index is 1.47. The minimum absolute atomic E-state index is 0.397. The predicted molar refractivity (Wildman–Crippen MR) is 98.9 cm³/mol. The summed E-state index contributed by atoms with van der Waals surface area (Å²) in [7, 11) is 0. The molecule has 0 aromatic heterocycles. The maximum atomic E-state index is 13.6. The molecule has 6 heteroatoms. The van der Waals surface area contributed by atoms with Crippen molar-refractivity contribution in [1.82, 2.24) is 9.80 Å². The van der Waals surface area contributed by atoms with Gasteiger partial charge in [-0.25, -0.2) is 13.6 Å². The molecule has 2 aromatic rings. The average Bonchev–Trinajstić information content (AvgIpc) is 2.66. The first kappa shape index (κ1) is 18.1. The van der Waals surface area contributed by atoms with Gasteiger partial charge in [-0.2, -0.15) is 0 Å². The zero-order valence-electron chi connectivity index (χ0n) is 14.4. The summed E-state index contributed by atoms with van der Waals surface area (Å²) in [6, 6.07) is 13.1. The Morgan fingerprint density at radius 3 is 2.27 bits per heavy atom. The van der Waals surface area contributed by atoms with Crippen LogP contribution in [0.4, 0.5) is 19.3 Å². The first-order chi connectivity index (χ1) is 12.6. The minimum Gasteiger partial charge on any atom is -0.322 e. The molecular weight excluding hydrogens is 336 g/mol. The van der Waals surface area contributed by atoms with Crippen molar-refractivity contribution in [1.29, 1.82) is 0 Å². The third-order valence-electron chi connectivity index (χ3n) is 4.33. The van der Waals surface area contributed by atoms with Crippen LogP contribution in [0.15, 0.2) is 54.6 Å². The number of amides is 2. The van der Waals surface area contributed by atoms with E-state index in [0.29, 0.717) is 26.2 Å². The molecule has 0 spiro atoms. The van der Waals surface area contributed by atoms with Crippen molar-refractivity contribution in [2.24, 2.45) is 0 Å². The summed E-state index contributed by atoms with van der Waals surface area (Å²) in [4.78, 5) is 16.0. The zero-order chi connectivity index (χ0) is 18.4. The standard InChI is InChI=1S/C20H21F2N3O/c21-17-9-4-10-18(22)19(17)23-20(26)25-14-12-24(13-15-25)11-5-8-16-6-2-1-3-7-16/h1-10H,11-15H2,(H,23,26)/b8-5+. The van der Waals surface area contributed by atoms with E-state index in [2.05, 4.69) is 22.4 Å². The van der Waals surface area contributed by atoms with E-state index in [9.17, 15) is 13.6 Å². The van der Waals surface area contributed by atoms with Gasteiger partial charge in [0, 0.05) is 32.7 Å². The van der Waals surface area contributed by atoms with Crippen molar-refractivity contribution in [3.63, 3.8) is 0 Å².